The predicted molar refractivity (Wildman–Crippen MR) is 88.1 cm³/mol. The highest BCUT2D eigenvalue weighted by Crippen LogP contribution is 2.61. The largest absolute Gasteiger partial charge is 0.482 e. The molecule has 2 aromatic rings. The highest BCUT2D eigenvalue weighted by atomic mass is 16.5. The van der Waals surface area contributed by atoms with Crippen molar-refractivity contribution in [2.75, 3.05) is 11.9 Å². The zero-order valence-corrected chi connectivity index (χ0v) is 12.9. The molecule has 5 heteroatoms. The van der Waals surface area contributed by atoms with Gasteiger partial charge in [0, 0.05) is 17.7 Å². The third kappa shape index (κ3) is 2.62. The van der Waals surface area contributed by atoms with Crippen LogP contribution in [0.5, 0.6) is 5.75 Å². The van der Waals surface area contributed by atoms with Crippen molar-refractivity contribution in [2.45, 2.75) is 12.3 Å². The van der Waals surface area contributed by atoms with Gasteiger partial charge in [-0.15, -0.1) is 0 Å². The second-order valence-electron chi connectivity index (χ2n) is 6.32. The topological polar surface area (TPSA) is 75.6 Å². The molecule has 0 heterocycles. The first kappa shape index (κ1) is 14.8. The standard InChI is InChI=1S/C19H17NO4/c21-16(22)10-24-13-6-3-5-12(9-13)20-19(23)18-15-8-11-4-1-2-7-14(11)17(15)18/h1-7,9,15,17-18H,8,10H2,(H,20,23)(H,21,22). The van der Waals surface area contributed by atoms with Crippen LogP contribution < -0.4 is 10.1 Å². The van der Waals surface area contributed by atoms with E-state index in [4.69, 9.17) is 9.84 Å². The summed E-state index contributed by atoms with van der Waals surface area (Å²) in [4.78, 5) is 23.1. The van der Waals surface area contributed by atoms with Crippen LogP contribution in [0, 0.1) is 11.8 Å². The number of hydrogen-bond donors (Lipinski definition) is 2. The van der Waals surface area contributed by atoms with Gasteiger partial charge in [-0.3, -0.25) is 4.79 Å². The van der Waals surface area contributed by atoms with E-state index in [0.29, 0.717) is 23.3 Å². The zero-order valence-electron chi connectivity index (χ0n) is 12.9. The molecule has 4 rings (SSSR count). The van der Waals surface area contributed by atoms with E-state index in [-0.39, 0.29) is 11.8 Å². The molecule has 1 saturated carbocycles. The summed E-state index contributed by atoms with van der Waals surface area (Å²) < 4.78 is 5.14. The molecular formula is C19H17NO4. The first-order valence-electron chi connectivity index (χ1n) is 7.97. The maximum Gasteiger partial charge on any atom is 0.341 e. The lowest BCUT2D eigenvalue weighted by Crippen LogP contribution is -2.17. The zero-order chi connectivity index (χ0) is 16.7. The lowest BCUT2D eigenvalue weighted by molar-refractivity contribution is -0.139. The molecule has 0 aromatic heterocycles. The molecule has 5 nitrogen and oxygen atoms in total. The number of hydrogen-bond acceptors (Lipinski definition) is 3. The number of ether oxygens (including phenoxy) is 1. The summed E-state index contributed by atoms with van der Waals surface area (Å²) in [5.74, 6) is 0.199. The van der Waals surface area contributed by atoms with Crippen LogP contribution in [-0.2, 0) is 16.0 Å². The minimum absolute atomic E-state index is 0.0230. The van der Waals surface area contributed by atoms with Crippen molar-refractivity contribution < 1.29 is 19.4 Å². The number of carboxylic acids is 1. The Kier molecular flexibility index (Phi) is 3.49. The summed E-state index contributed by atoms with van der Waals surface area (Å²) in [6, 6.07) is 15.1. The molecule has 2 aromatic carbocycles. The van der Waals surface area contributed by atoms with Crippen molar-refractivity contribution in [3.63, 3.8) is 0 Å². The van der Waals surface area contributed by atoms with Gasteiger partial charge in [0.05, 0.1) is 0 Å². The van der Waals surface area contributed by atoms with E-state index in [1.165, 1.54) is 11.1 Å². The minimum atomic E-state index is -1.03. The molecule has 2 aliphatic rings. The smallest absolute Gasteiger partial charge is 0.341 e. The fourth-order valence-corrected chi connectivity index (χ4v) is 3.74. The van der Waals surface area contributed by atoms with E-state index in [1.807, 2.05) is 12.1 Å². The van der Waals surface area contributed by atoms with E-state index in [2.05, 4.69) is 17.4 Å². The van der Waals surface area contributed by atoms with E-state index >= 15 is 0 Å². The Morgan fingerprint density at radius 2 is 2.00 bits per heavy atom. The molecule has 1 amide bonds. The van der Waals surface area contributed by atoms with Crippen LogP contribution in [0.3, 0.4) is 0 Å². The number of aliphatic carboxylic acids is 1. The monoisotopic (exact) mass is 323 g/mol. The Bertz CT molecular complexity index is 817. The van der Waals surface area contributed by atoms with Crippen LogP contribution in [0.2, 0.25) is 0 Å². The Morgan fingerprint density at radius 3 is 2.83 bits per heavy atom. The summed E-state index contributed by atoms with van der Waals surface area (Å²) in [5, 5.41) is 11.6. The number of amides is 1. The van der Waals surface area contributed by atoms with Gasteiger partial charge in [-0.25, -0.2) is 4.79 Å². The fraction of sp³-hybridized carbons (Fsp3) is 0.263. The molecule has 0 saturated heterocycles. The van der Waals surface area contributed by atoms with Gasteiger partial charge in [0.1, 0.15) is 5.75 Å². The Labute approximate surface area is 139 Å². The van der Waals surface area contributed by atoms with Gasteiger partial charge in [0.2, 0.25) is 5.91 Å². The number of carbonyl (C=O) groups is 2. The van der Waals surface area contributed by atoms with Crippen LogP contribution in [0.4, 0.5) is 5.69 Å². The molecule has 0 radical (unpaired) electrons. The van der Waals surface area contributed by atoms with Gasteiger partial charge in [0.15, 0.2) is 6.61 Å². The van der Waals surface area contributed by atoms with Crippen molar-refractivity contribution in [3.05, 3.63) is 59.7 Å². The van der Waals surface area contributed by atoms with Crippen molar-refractivity contribution >= 4 is 17.6 Å². The van der Waals surface area contributed by atoms with Crippen molar-refractivity contribution in [1.82, 2.24) is 0 Å². The van der Waals surface area contributed by atoms with Crippen LogP contribution in [0.25, 0.3) is 0 Å². The molecule has 3 unspecified atom stereocenters. The second kappa shape index (κ2) is 5.67. The third-order valence-corrected chi connectivity index (χ3v) is 4.81. The molecule has 0 spiro atoms. The molecule has 122 valence electrons. The number of nitrogens with one attached hydrogen (secondary N) is 1. The Balaban J connectivity index is 1.41. The van der Waals surface area contributed by atoms with Crippen LogP contribution in [0.1, 0.15) is 17.0 Å². The first-order chi connectivity index (χ1) is 11.6. The maximum atomic E-state index is 12.5. The van der Waals surface area contributed by atoms with Gasteiger partial charge in [-0.2, -0.15) is 0 Å². The molecule has 2 aliphatic carbocycles. The first-order valence-corrected chi connectivity index (χ1v) is 7.97. The summed E-state index contributed by atoms with van der Waals surface area (Å²) in [5.41, 5.74) is 3.29. The quantitative estimate of drug-likeness (QED) is 0.887. The Morgan fingerprint density at radius 1 is 1.17 bits per heavy atom. The van der Waals surface area contributed by atoms with E-state index in [9.17, 15) is 9.59 Å². The van der Waals surface area contributed by atoms with Gasteiger partial charge in [-0.1, -0.05) is 30.3 Å². The maximum absolute atomic E-state index is 12.5. The van der Waals surface area contributed by atoms with E-state index in [0.717, 1.165) is 6.42 Å². The minimum Gasteiger partial charge on any atom is -0.482 e. The summed E-state index contributed by atoms with van der Waals surface area (Å²) in [6.45, 7) is -0.402. The number of carboxylic acid groups (broad SMARTS) is 1. The number of benzene rings is 2. The van der Waals surface area contributed by atoms with E-state index in [1.54, 1.807) is 24.3 Å². The average molecular weight is 323 g/mol. The molecule has 24 heavy (non-hydrogen) atoms. The molecule has 1 fully saturated rings. The fourth-order valence-electron chi connectivity index (χ4n) is 3.74. The predicted octanol–water partition coefficient (Wildman–Crippen LogP) is 2.67. The van der Waals surface area contributed by atoms with Gasteiger partial charge < -0.3 is 15.2 Å². The number of carbonyl (C=O) groups excluding carboxylic acids is 1. The number of fused-ring (bicyclic) bond motifs is 3. The summed E-state index contributed by atoms with van der Waals surface area (Å²) >= 11 is 0. The average Bonchev–Trinajstić information content (AvgIpc) is 3.16. The molecule has 3 atom stereocenters. The van der Waals surface area contributed by atoms with Gasteiger partial charge >= 0.3 is 5.97 Å². The summed E-state index contributed by atoms with van der Waals surface area (Å²) in [6.07, 6.45) is 0.973. The highest BCUT2D eigenvalue weighted by Gasteiger charge is 2.59. The number of anilines is 1. The molecule has 0 aliphatic heterocycles. The highest BCUT2D eigenvalue weighted by molar-refractivity contribution is 5.96. The normalized spacial score (nSPS) is 23.1. The van der Waals surface area contributed by atoms with Crippen LogP contribution >= 0.6 is 0 Å². The van der Waals surface area contributed by atoms with Crippen molar-refractivity contribution in [2.24, 2.45) is 11.8 Å². The molecule has 0 bridgehead atoms. The van der Waals surface area contributed by atoms with Crippen molar-refractivity contribution in [3.8, 4) is 5.75 Å². The third-order valence-electron chi connectivity index (χ3n) is 4.81. The van der Waals surface area contributed by atoms with Crippen LogP contribution in [-0.4, -0.2) is 23.6 Å². The van der Waals surface area contributed by atoms with Gasteiger partial charge in [-0.05, 0) is 41.5 Å². The SMILES string of the molecule is O=C(O)COc1cccc(NC(=O)C2C3Cc4ccccc4C32)c1. The lowest BCUT2D eigenvalue weighted by atomic mass is 10.0. The second-order valence-corrected chi connectivity index (χ2v) is 6.32. The molecular weight excluding hydrogens is 306 g/mol. The number of rotatable bonds is 5. The van der Waals surface area contributed by atoms with Crippen LogP contribution in [0.15, 0.2) is 48.5 Å². The van der Waals surface area contributed by atoms with E-state index < -0.39 is 12.6 Å². The lowest BCUT2D eigenvalue weighted by Gasteiger charge is -2.10. The summed E-state index contributed by atoms with van der Waals surface area (Å²) in [7, 11) is 0. The Hall–Kier alpha value is -2.82. The van der Waals surface area contributed by atoms with Gasteiger partial charge in [0.25, 0.3) is 0 Å². The molecule has 2 N–H and O–H groups in total. The van der Waals surface area contributed by atoms with Crippen molar-refractivity contribution in [1.29, 1.82) is 0 Å².